The second-order valence-electron chi connectivity index (χ2n) is 7.09. The Morgan fingerprint density at radius 1 is 1.10 bits per heavy atom. The lowest BCUT2D eigenvalue weighted by molar-refractivity contribution is -0.113. The molecule has 5 rings (SSSR count). The summed E-state index contributed by atoms with van der Waals surface area (Å²) in [5.41, 5.74) is 3.86. The molecule has 7 nitrogen and oxygen atoms in total. The highest BCUT2D eigenvalue weighted by Crippen LogP contribution is 2.31. The zero-order valence-electron chi connectivity index (χ0n) is 16.4. The number of aryl methyl sites for hydroxylation is 1. The Bertz CT molecular complexity index is 1220. The number of hydrogen-bond acceptors (Lipinski definition) is 6. The number of anilines is 1. The van der Waals surface area contributed by atoms with Gasteiger partial charge in [-0.25, -0.2) is 4.68 Å². The fraction of sp³-hybridized carbons (Fsp3) is 0.182. The van der Waals surface area contributed by atoms with Crippen LogP contribution >= 0.6 is 23.4 Å². The van der Waals surface area contributed by atoms with Gasteiger partial charge in [0.05, 0.1) is 17.1 Å². The van der Waals surface area contributed by atoms with Gasteiger partial charge in [0, 0.05) is 16.1 Å². The first-order chi connectivity index (χ1) is 15.2. The van der Waals surface area contributed by atoms with Crippen LogP contribution in [0.3, 0.4) is 0 Å². The van der Waals surface area contributed by atoms with E-state index in [-0.39, 0.29) is 11.7 Å². The Morgan fingerprint density at radius 3 is 2.71 bits per heavy atom. The topological polar surface area (TPSA) is 85.8 Å². The average Bonchev–Trinajstić information content (AvgIpc) is 3.51. The van der Waals surface area contributed by atoms with Gasteiger partial charge in [-0.05, 0) is 55.7 Å². The average molecular weight is 452 g/mol. The van der Waals surface area contributed by atoms with Crippen LogP contribution in [-0.4, -0.2) is 31.6 Å². The number of carbonyl (C=O) groups is 1. The Labute approximate surface area is 187 Å². The summed E-state index contributed by atoms with van der Waals surface area (Å²) in [5, 5.41) is 16.8. The smallest absolute Gasteiger partial charge is 0.277 e. The molecule has 2 aromatic carbocycles. The third kappa shape index (κ3) is 4.22. The summed E-state index contributed by atoms with van der Waals surface area (Å²) >= 11 is 7.11. The van der Waals surface area contributed by atoms with Crippen LogP contribution < -0.4 is 5.32 Å². The van der Waals surface area contributed by atoms with Crippen molar-refractivity contribution in [1.29, 1.82) is 0 Å². The number of amides is 1. The van der Waals surface area contributed by atoms with Crippen molar-refractivity contribution < 1.29 is 9.21 Å². The maximum atomic E-state index is 12.7. The lowest BCUT2D eigenvalue weighted by Gasteiger charge is -2.10. The molecule has 1 aliphatic rings. The van der Waals surface area contributed by atoms with E-state index in [2.05, 4.69) is 15.5 Å². The minimum absolute atomic E-state index is 0.150. The molecule has 0 fully saturated rings. The second kappa shape index (κ2) is 8.56. The molecule has 1 aliphatic carbocycles. The highest BCUT2D eigenvalue weighted by molar-refractivity contribution is 7.99. The van der Waals surface area contributed by atoms with E-state index in [1.807, 2.05) is 47.1 Å². The van der Waals surface area contributed by atoms with Crippen molar-refractivity contribution in [2.24, 2.45) is 0 Å². The lowest BCUT2D eigenvalue weighted by Crippen LogP contribution is -2.18. The first-order valence-electron chi connectivity index (χ1n) is 9.85. The Kier molecular flexibility index (Phi) is 5.48. The van der Waals surface area contributed by atoms with Crippen LogP contribution in [0, 0.1) is 0 Å². The zero-order chi connectivity index (χ0) is 21.2. The fourth-order valence-electron chi connectivity index (χ4n) is 3.55. The van der Waals surface area contributed by atoms with E-state index in [0.717, 1.165) is 47.6 Å². The van der Waals surface area contributed by atoms with Crippen LogP contribution in [-0.2, 0) is 17.6 Å². The maximum absolute atomic E-state index is 12.7. The first-order valence-corrected chi connectivity index (χ1v) is 11.2. The molecule has 2 aromatic heterocycles. The first kappa shape index (κ1) is 19.8. The molecule has 31 heavy (non-hydrogen) atoms. The van der Waals surface area contributed by atoms with E-state index in [1.54, 1.807) is 12.1 Å². The van der Waals surface area contributed by atoms with Crippen LogP contribution in [0.15, 0.2) is 64.2 Å². The van der Waals surface area contributed by atoms with Gasteiger partial charge in [0.2, 0.25) is 11.8 Å². The number of nitrogens with one attached hydrogen (secondary N) is 1. The zero-order valence-corrected chi connectivity index (χ0v) is 18.0. The Balaban J connectivity index is 1.28. The number of rotatable bonds is 6. The highest BCUT2D eigenvalue weighted by atomic mass is 35.5. The van der Waals surface area contributed by atoms with Crippen LogP contribution in [0.1, 0.15) is 17.7 Å². The summed E-state index contributed by atoms with van der Waals surface area (Å²) < 4.78 is 7.48. The predicted molar refractivity (Wildman–Crippen MR) is 120 cm³/mol. The molecule has 0 saturated carbocycles. The van der Waals surface area contributed by atoms with Gasteiger partial charge < -0.3 is 9.73 Å². The number of carbonyl (C=O) groups excluding carboxylic acids is 1. The van der Waals surface area contributed by atoms with Crippen molar-refractivity contribution in [1.82, 2.24) is 20.0 Å². The van der Waals surface area contributed by atoms with Crippen molar-refractivity contribution >= 4 is 35.1 Å². The van der Waals surface area contributed by atoms with Gasteiger partial charge in [0.15, 0.2) is 0 Å². The van der Waals surface area contributed by atoms with Gasteiger partial charge >= 0.3 is 0 Å². The summed E-state index contributed by atoms with van der Waals surface area (Å²) in [6.45, 7) is 0. The molecule has 4 aromatic rings. The van der Waals surface area contributed by atoms with E-state index in [1.165, 1.54) is 11.8 Å². The molecule has 0 atom stereocenters. The Morgan fingerprint density at radius 2 is 1.90 bits per heavy atom. The molecular weight excluding hydrogens is 434 g/mol. The van der Waals surface area contributed by atoms with Gasteiger partial charge in [-0.15, -0.1) is 10.2 Å². The summed E-state index contributed by atoms with van der Waals surface area (Å²) in [6.07, 6.45) is 2.90. The summed E-state index contributed by atoms with van der Waals surface area (Å²) in [6, 6.07) is 17.0. The number of fused-ring (bicyclic) bond motifs is 1. The number of para-hydroxylation sites is 1. The van der Waals surface area contributed by atoms with Crippen LogP contribution in [0.5, 0.6) is 0 Å². The normalized spacial score (nSPS) is 12.7. The number of nitrogens with zero attached hydrogens (tertiary/aromatic N) is 4. The van der Waals surface area contributed by atoms with E-state index in [0.29, 0.717) is 16.1 Å². The van der Waals surface area contributed by atoms with Crippen molar-refractivity contribution in [3.05, 3.63) is 70.9 Å². The fourth-order valence-corrected chi connectivity index (χ4v) is 4.24. The number of hydrogen-bond donors (Lipinski definition) is 1. The summed E-state index contributed by atoms with van der Waals surface area (Å²) in [5.74, 6) is 1.14. The molecule has 1 N–H and O–H groups in total. The van der Waals surface area contributed by atoms with Gasteiger partial charge in [-0.3, -0.25) is 4.79 Å². The van der Waals surface area contributed by atoms with E-state index in [9.17, 15) is 4.79 Å². The molecule has 0 spiro atoms. The molecule has 2 heterocycles. The molecule has 0 bridgehead atoms. The van der Waals surface area contributed by atoms with Crippen molar-refractivity contribution in [2.45, 2.75) is 24.5 Å². The third-order valence-electron chi connectivity index (χ3n) is 4.99. The predicted octanol–water partition coefficient (Wildman–Crippen LogP) is 4.80. The molecule has 0 aliphatic heterocycles. The lowest BCUT2D eigenvalue weighted by atomic mass is 10.2. The van der Waals surface area contributed by atoms with E-state index >= 15 is 0 Å². The van der Waals surface area contributed by atoms with Gasteiger partial charge in [-0.2, -0.15) is 5.10 Å². The van der Waals surface area contributed by atoms with Crippen molar-refractivity contribution in [3.63, 3.8) is 0 Å². The summed E-state index contributed by atoms with van der Waals surface area (Å²) in [4.78, 5) is 12.7. The van der Waals surface area contributed by atoms with Gasteiger partial charge in [0.1, 0.15) is 5.82 Å². The highest BCUT2D eigenvalue weighted by Gasteiger charge is 2.24. The minimum Gasteiger partial charge on any atom is -0.411 e. The number of thioether (sulfide) groups is 1. The van der Waals surface area contributed by atoms with E-state index < -0.39 is 0 Å². The monoisotopic (exact) mass is 451 g/mol. The van der Waals surface area contributed by atoms with Crippen molar-refractivity contribution in [3.8, 4) is 17.1 Å². The Hall–Kier alpha value is -3.10. The van der Waals surface area contributed by atoms with Crippen LogP contribution in [0.2, 0.25) is 5.02 Å². The van der Waals surface area contributed by atoms with Gasteiger partial charge in [0.25, 0.3) is 5.22 Å². The van der Waals surface area contributed by atoms with Gasteiger partial charge in [-0.1, -0.05) is 41.6 Å². The molecule has 9 heteroatoms. The molecule has 0 unspecified atom stereocenters. The SMILES string of the molecule is O=C(CSc1nnc(-c2ccc(Cl)cc2)o1)Nc1c2c(nn1-c1ccccc1)CCC2. The second-order valence-corrected chi connectivity index (χ2v) is 8.45. The number of benzene rings is 2. The minimum atomic E-state index is -0.150. The largest absolute Gasteiger partial charge is 0.411 e. The molecule has 0 radical (unpaired) electrons. The third-order valence-corrected chi connectivity index (χ3v) is 6.06. The molecule has 0 saturated heterocycles. The number of halogens is 1. The molecule has 156 valence electrons. The molecular formula is C22H18ClN5O2S. The maximum Gasteiger partial charge on any atom is 0.277 e. The standard InChI is InChI=1S/C22H18ClN5O2S/c23-15-11-9-14(10-12-15)21-25-26-22(30-21)31-13-19(29)24-20-17-7-4-8-18(17)27-28(20)16-5-2-1-3-6-16/h1-3,5-6,9-12H,4,7-8,13H2,(H,24,29). The number of aromatic nitrogens is 4. The van der Waals surface area contributed by atoms with E-state index in [4.69, 9.17) is 21.1 Å². The van der Waals surface area contributed by atoms with Crippen molar-refractivity contribution in [2.75, 3.05) is 11.1 Å². The van der Waals surface area contributed by atoms with Crippen LogP contribution in [0.4, 0.5) is 5.82 Å². The molecule has 1 amide bonds. The quantitative estimate of drug-likeness (QED) is 0.424. The summed E-state index contributed by atoms with van der Waals surface area (Å²) in [7, 11) is 0. The van der Waals surface area contributed by atoms with Crippen LogP contribution in [0.25, 0.3) is 17.1 Å².